The van der Waals surface area contributed by atoms with Crippen molar-refractivity contribution in [2.24, 2.45) is 0 Å². The number of hydrogen-bond acceptors (Lipinski definition) is 2. The van der Waals surface area contributed by atoms with Gasteiger partial charge in [0.1, 0.15) is 0 Å². The van der Waals surface area contributed by atoms with Crippen molar-refractivity contribution < 1.29 is 13.2 Å². The van der Waals surface area contributed by atoms with E-state index >= 15 is 0 Å². The van der Waals surface area contributed by atoms with E-state index in [4.69, 9.17) is 0 Å². The van der Waals surface area contributed by atoms with E-state index in [0.29, 0.717) is 19.6 Å². The molecule has 1 aliphatic heterocycles. The van der Waals surface area contributed by atoms with E-state index in [1.807, 2.05) is 6.92 Å². The SMILES string of the molecule is CCCN1CCNCC1C(F)(F)CF. The molecule has 0 radical (unpaired) electrons. The van der Waals surface area contributed by atoms with Crippen LogP contribution in [0.1, 0.15) is 13.3 Å². The molecule has 1 unspecified atom stereocenters. The van der Waals surface area contributed by atoms with Gasteiger partial charge in [-0.15, -0.1) is 0 Å². The Bertz CT molecular complexity index is 173. The summed E-state index contributed by atoms with van der Waals surface area (Å²) >= 11 is 0. The third-order valence-corrected chi connectivity index (χ3v) is 2.53. The highest BCUT2D eigenvalue weighted by molar-refractivity contribution is 4.90. The molecule has 5 heteroatoms. The Kier molecular flexibility index (Phi) is 4.19. The first-order chi connectivity index (χ1) is 6.61. The van der Waals surface area contributed by atoms with Crippen molar-refractivity contribution in [2.75, 3.05) is 32.9 Å². The normalized spacial score (nSPS) is 25.3. The summed E-state index contributed by atoms with van der Waals surface area (Å²) in [7, 11) is 0. The van der Waals surface area contributed by atoms with Gasteiger partial charge in [0.15, 0.2) is 6.67 Å². The molecule has 1 N–H and O–H groups in total. The summed E-state index contributed by atoms with van der Waals surface area (Å²) in [5.41, 5.74) is 0. The van der Waals surface area contributed by atoms with E-state index in [9.17, 15) is 13.2 Å². The van der Waals surface area contributed by atoms with Gasteiger partial charge in [-0.3, -0.25) is 4.90 Å². The van der Waals surface area contributed by atoms with E-state index in [1.165, 1.54) is 0 Å². The second-order valence-corrected chi connectivity index (χ2v) is 3.65. The maximum Gasteiger partial charge on any atom is 0.292 e. The lowest BCUT2D eigenvalue weighted by Crippen LogP contribution is -2.59. The van der Waals surface area contributed by atoms with Crippen molar-refractivity contribution in [3.63, 3.8) is 0 Å². The van der Waals surface area contributed by atoms with Crippen molar-refractivity contribution in [3.05, 3.63) is 0 Å². The van der Waals surface area contributed by atoms with E-state index in [-0.39, 0.29) is 6.54 Å². The molecule has 0 saturated carbocycles. The molecule has 0 amide bonds. The Balaban J connectivity index is 2.61. The molecule has 0 aromatic heterocycles. The zero-order valence-corrected chi connectivity index (χ0v) is 8.40. The molecular weight excluding hydrogens is 193 g/mol. The zero-order chi connectivity index (χ0) is 10.6. The Labute approximate surface area is 82.5 Å². The van der Waals surface area contributed by atoms with Gasteiger partial charge in [-0.1, -0.05) is 6.92 Å². The van der Waals surface area contributed by atoms with Crippen molar-refractivity contribution in [1.82, 2.24) is 10.2 Å². The fourth-order valence-corrected chi connectivity index (χ4v) is 1.81. The molecule has 2 nitrogen and oxygen atoms in total. The number of rotatable bonds is 4. The second kappa shape index (κ2) is 4.98. The van der Waals surface area contributed by atoms with Crippen LogP contribution in [0.15, 0.2) is 0 Å². The summed E-state index contributed by atoms with van der Waals surface area (Å²) in [5, 5.41) is 2.88. The van der Waals surface area contributed by atoms with Crippen LogP contribution in [0.5, 0.6) is 0 Å². The van der Waals surface area contributed by atoms with E-state index in [0.717, 1.165) is 6.42 Å². The fraction of sp³-hybridized carbons (Fsp3) is 1.00. The molecule has 0 aromatic rings. The maximum absolute atomic E-state index is 13.2. The third kappa shape index (κ3) is 2.60. The second-order valence-electron chi connectivity index (χ2n) is 3.65. The Morgan fingerprint density at radius 1 is 1.50 bits per heavy atom. The summed E-state index contributed by atoms with van der Waals surface area (Å²) in [5.74, 6) is -3.22. The van der Waals surface area contributed by atoms with Crippen LogP contribution < -0.4 is 5.32 Å². The molecule has 84 valence electrons. The molecule has 1 fully saturated rings. The van der Waals surface area contributed by atoms with Gasteiger partial charge >= 0.3 is 0 Å². The monoisotopic (exact) mass is 210 g/mol. The van der Waals surface area contributed by atoms with Crippen LogP contribution in [-0.2, 0) is 0 Å². The van der Waals surface area contributed by atoms with E-state index in [1.54, 1.807) is 4.90 Å². The first-order valence-corrected chi connectivity index (χ1v) is 5.00. The van der Waals surface area contributed by atoms with Gasteiger partial charge in [0.25, 0.3) is 5.92 Å². The van der Waals surface area contributed by atoms with Gasteiger partial charge in [-0.25, -0.2) is 13.2 Å². The van der Waals surface area contributed by atoms with Gasteiger partial charge in [0.2, 0.25) is 0 Å². The summed E-state index contributed by atoms with van der Waals surface area (Å²) in [6.45, 7) is 2.44. The van der Waals surface area contributed by atoms with Gasteiger partial charge in [0.05, 0.1) is 6.04 Å². The molecule has 1 atom stereocenters. The summed E-state index contributed by atoms with van der Waals surface area (Å²) in [6, 6.07) is -0.985. The molecule has 0 spiro atoms. The van der Waals surface area contributed by atoms with E-state index in [2.05, 4.69) is 5.32 Å². The number of piperazine rings is 1. The molecule has 1 saturated heterocycles. The van der Waals surface area contributed by atoms with E-state index < -0.39 is 18.6 Å². The highest BCUT2D eigenvalue weighted by Gasteiger charge is 2.43. The third-order valence-electron chi connectivity index (χ3n) is 2.53. The average molecular weight is 210 g/mol. The quantitative estimate of drug-likeness (QED) is 0.752. The largest absolute Gasteiger partial charge is 0.314 e. The lowest BCUT2D eigenvalue weighted by atomic mass is 10.1. The van der Waals surface area contributed by atoms with Crippen LogP contribution in [0, 0.1) is 0 Å². The van der Waals surface area contributed by atoms with Gasteiger partial charge in [-0.2, -0.15) is 0 Å². The van der Waals surface area contributed by atoms with Crippen LogP contribution in [0.4, 0.5) is 13.2 Å². The average Bonchev–Trinajstić information content (AvgIpc) is 2.19. The fourth-order valence-electron chi connectivity index (χ4n) is 1.81. The Morgan fingerprint density at radius 3 is 2.79 bits per heavy atom. The smallest absolute Gasteiger partial charge is 0.292 e. The molecule has 1 rings (SSSR count). The predicted octanol–water partition coefficient (Wildman–Crippen LogP) is 1.27. The van der Waals surface area contributed by atoms with Gasteiger partial charge in [0, 0.05) is 19.6 Å². The topological polar surface area (TPSA) is 15.3 Å². The van der Waals surface area contributed by atoms with Crippen LogP contribution in [0.3, 0.4) is 0 Å². The zero-order valence-electron chi connectivity index (χ0n) is 8.40. The molecule has 1 aliphatic rings. The number of halogens is 3. The van der Waals surface area contributed by atoms with Crippen LogP contribution in [-0.4, -0.2) is 49.7 Å². The number of nitrogens with zero attached hydrogens (tertiary/aromatic N) is 1. The summed E-state index contributed by atoms with van der Waals surface area (Å²) < 4.78 is 38.5. The van der Waals surface area contributed by atoms with Crippen molar-refractivity contribution in [2.45, 2.75) is 25.3 Å². The minimum Gasteiger partial charge on any atom is -0.314 e. The predicted molar refractivity (Wildman–Crippen MR) is 49.4 cm³/mol. The molecular formula is C9H17F3N2. The minimum absolute atomic E-state index is 0.178. The lowest BCUT2D eigenvalue weighted by Gasteiger charge is -2.39. The van der Waals surface area contributed by atoms with Gasteiger partial charge < -0.3 is 5.32 Å². The molecule has 0 aliphatic carbocycles. The van der Waals surface area contributed by atoms with Crippen molar-refractivity contribution in [3.8, 4) is 0 Å². The maximum atomic E-state index is 13.2. The summed E-state index contributed by atoms with van der Waals surface area (Å²) in [6.07, 6.45) is 0.818. The van der Waals surface area contributed by atoms with Gasteiger partial charge in [-0.05, 0) is 13.0 Å². The number of alkyl halides is 3. The lowest BCUT2D eigenvalue weighted by molar-refractivity contribution is -0.102. The minimum atomic E-state index is -3.22. The molecule has 1 heterocycles. The van der Waals surface area contributed by atoms with Crippen LogP contribution in [0.2, 0.25) is 0 Å². The molecule has 14 heavy (non-hydrogen) atoms. The van der Waals surface area contributed by atoms with Crippen molar-refractivity contribution >= 4 is 0 Å². The highest BCUT2D eigenvalue weighted by atomic mass is 19.3. The Hall–Kier alpha value is -0.290. The standard InChI is InChI=1S/C9H17F3N2/c1-2-4-14-5-3-13-6-8(14)9(11,12)7-10/h8,13H,2-7H2,1H3. The molecule has 0 bridgehead atoms. The first kappa shape index (κ1) is 11.8. The molecule has 0 aromatic carbocycles. The number of hydrogen-bond donors (Lipinski definition) is 1. The van der Waals surface area contributed by atoms with Crippen LogP contribution in [0.25, 0.3) is 0 Å². The Morgan fingerprint density at radius 2 is 2.21 bits per heavy atom. The number of nitrogens with one attached hydrogen (secondary N) is 1. The summed E-state index contributed by atoms with van der Waals surface area (Å²) in [4.78, 5) is 1.68. The first-order valence-electron chi connectivity index (χ1n) is 5.00. The highest BCUT2D eigenvalue weighted by Crippen LogP contribution is 2.25. The van der Waals surface area contributed by atoms with Crippen molar-refractivity contribution in [1.29, 1.82) is 0 Å². The van der Waals surface area contributed by atoms with Crippen LogP contribution >= 0.6 is 0 Å².